The average Bonchev–Trinajstić information content (AvgIpc) is 2.43. The first-order chi connectivity index (χ1) is 9.13. The maximum atomic E-state index is 11.0. The average molecular weight is 263 g/mol. The van der Waals surface area contributed by atoms with Gasteiger partial charge in [0.1, 0.15) is 5.92 Å². The lowest BCUT2D eigenvalue weighted by Crippen LogP contribution is -2.30. The van der Waals surface area contributed by atoms with Gasteiger partial charge in [0.15, 0.2) is 6.29 Å². The van der Waals surface area contributed by atoms with E-state index in [2.05, 4.69) is 6.07 Å². The zero-order chi connectivity index (χ0) is 14.3. The quantitative estimate of drug-likeness (QED) is 0.761. The Hall–Kier alpha value is -1.90. The molecule has 0 aliphatic rings. The summed E-state index contributed by atoms with van der Waals surface area (Å²) in [5, 5.41) is 18.3. The van der Waals surface area contributed by atoms with E-state index in [1.165, 1.54) is 14.2 Å². The molecule has 0 fully saturated rings. The van der Waals surface area contributed by atoms with E-state index in [-0.39, 0.29) is 6.42 Å². The SMILES string of the molecule is COC(OC)C(C#N)C(CC(=O)O)c1ccccc1. The molecule has 1 aromatic rings. The van der Waals surface area contributed by atoms with Gasteiger partial charge in [0.25, 0.3) is 0 Å². The van der Waals surface area contributed by atoms with Crippen molar-refractivity contribution in [1.82, 2.24) is 0 Å². The van der Waals surface area contributed by atoms with E-state index in [9.17, 15) is 10.1 Å². The molecular weight excluding hydrogens is 246 g/mol. The van der Waals surface area contributed by atoms with Crippen molar-refractivity contribution in [1.29, 1.82) is 5.26 Å². The van der Waals surface area contributed by atoms with Crippen LogP contribution in [0.4, 0.5) is 0 Å². The predicted molar refractivity (Wildman–Crippen MR) is 68.3 cm³/mol. The number of nitriles is 1. The highest BCUT2D eigenvalue weighted by molar-refractivity contribution is 5.68. The second kappa shape index (κ2) is 7.52. The summed E-state index contributed by atoms with van der Waals surface area (Å²) in [6.07, 6.45) is -0.902. The van der Waals surface area contributed by atoms with Crippen LogP contribution >= 0.6 is 0 Å². The fourth-order valence-corrected chi connectivity index (χ4v) is 2.07. The smallest absolute Gasteiger partial charge is 0.304 e. The lowest BCUT2D eigenvalue weighted by Gasteiger charge is -2.26. The van der Waals surface area contributed by atoms with E-state index in [1.54, 1.807) is 12.1 Å². The number of aliphatic carboxylic acids is 1. The number of methoxy groups -OCH3 is 2. The van der Waals surface area contributed by atoms with Crippen molar-refractivity contribution in [3.8, 4) is 6.07 Å². The van der Waals surface area contributed by atoms with Gasteiger partial charge in [-0.25, -0.2) is 0 Å². The molecule has 0 saturated heterocycles. The lowest BCUT2D eigenvalue weighted by molar-refractivity contribution is -0.142. The summed E-state index contributed by atoms with van der Waals surface area (Å²) in [5.74, 6) is -2.12. The highest BCUT2D eigenvalue weighted by Gasteiger charge is 2.32. The Labute approximate surface area is 112 Å². The van der Waals surface area contributed by atoms with Gasteiger partial charge in [-0.2, -0.15) is 5.26 Å². The van der Waals surface area contributed by atoms with Crippen molar-refractivity contribution < 1.29 is 19.4 Å². The van der Waals surface area contributed by atoms with Crippen molar-refractivity contribution >= 4 is 5.97 Å². The third-order valence-electron chi connectivity index (χ3n) is 2.96. The molecule has 2 atom stereocenters. The summed E-state index contributed by atoms with van der Waals surface area (Å²) >= 11 is 0. The molecule has 0 spiro atoms. The van der Waals surface area contributed by atoms with Crippen LogP contribution in [0.1, 0.15) is 17.9 Å². The Kier molecular flexibility index (Phi) is 6.00. The number of rotatable bonds is 7. The van der Waals surface area contributed by atoms with Gasteiger partial charge in [0.2, 0.25) is 0 Å². The van der Waals surface area contributed by atoms with E-state index in [0.29, 0.717) is 0 Å². The number of carbonyl (C=O) groups is 1. The molecule has 0 radical (unpaired) electrons. The van der Waals surface area contributed by atoms with Crippen molar-refractivity contribution in [2.45, 2.75) is 18.6 Å². The third-order valence-corrected chi connectivity index (χ3v) is 2.96. The number of hydrogen-bond acceptors (Lipinski definition) is 4. The number of ether oxygens (including phenoxy) is 2. The van der Waals surface area contributed by atoms with Crippen molar-refractivity contribution in [3.63, 3.8) is 0 Å². The summed E-state index contributed by atoms with van der Waals surface area (Å²) in [6.45, 7) is 0. The monoisotopic (exact) mass is 263 g/mol. The normalized spacial score (nSPS) is 13.8. The van der Waals surface area contributed by atoms with Gasteiger partial charge in [-0.05, 0) is 5.56 Å². The molecule has 19 heavy (non-hydrogen) atoms. The van der Waals surface area contributed by atoms with Gasteiger partial charge in [0, 0.05) is 20.1 Å². The van der Waals surface area contributed by atoms with Crippen LogP contribution in [-0.4, -0.2) is 31.6 Å². The van der Waals surface area contributed by atoms with Crippen molar-refractivity contribution in [2.24, 2.45) is 5.92 Å². The lowest BCUT2D eigenvalue weighted by atomic mass is 9.84. The summed E-state index contributed by atoms with van der Waals surface area (Å²) in [5.41, 5.74) is 0.788. The fourth-order valence-electron chi connectivity index (χ4n) is 2.07. The maximum absolute atomic E-state index is 11.0. The standard InChI is InChI=1S/C14H17NO4/c1-18-14(19-2)12(9-15)11(8-13(16)17)10-6-4-3-5-7-10/h3-7,11-12,14H,8H2,1-2H3,(H,16,17). The Balaban J connectivity index is 3.08. The molecule has 0 aromatic heterocycles. The first-order valence-electron chi connectivity index (χ1n) is 5.86. The maximum Gasteiger partial charge on any atom is 0.304 e. The van der Waals surface area contributed by atoms with E-state index in [0.717, 1.165) is 5.56 Å². The van der Waals surface area contributed by atoms with Gasteiger partial charge < -0.3 is 14.6 Å². The molecule has 102 valence electrons. The summed E-state index contributed by atoms with van der Waals surface area (Å²) in [6, 6.07) is 11.2. The van der Waals surface area contributed by atoms with Crippen molar-refractivity contribution in [3.05, 3.63) is 35.9 Å². The second-order valence-corrected chi connectivity index (χ2v) is 4.11. The summed E-state index contributed by atoms with van der Waals surface area (Å²) < 4.78 is 10.2. The van der Waals surface area contributed by atoms with E-state index in [4.69, 9.17) is 14.6 Å². The minimum atomic E-state index is -0.958. The number of nitrogens with zero attached hydrogens (tertiary/aromatic N) is 1. The number of benzene rings is 1. The minimum Gasteiger partial charge on any atom is -0.481 e. The molecule has 1 aromatic carbocycles. The van der Waals surface area contributed by atoms with Crippen LogP contribution < -0.4 is 0 Å². The van der Waals surface area contributed by atoms with E-state index in [1.807, 2.05) is 18.2 Å². The Morgan fingerprint density at radius 1 is 1.32 bits per heavy atom. The Morgan fingerprint density at radius 3 is 2.32 bits per heavy atom. The number of hydrogen-bond donors (Lipinski definition) is 1. The van der Waals surface area contributed by atoms with Crippen LogP contribution in [0, 0.1) is 17.2 Å². The van der Waals surface area contributed by atoms with E-state index < -0.39 is 24.1 Å². The number of carboxylic acid groups (broad SMARTS) is 1. The molecule has 2 unspecified atom stereocenters. The first kappa shape index (κ1) is 15.2. The van der Waals surface area contributed by atoms with Gasteiger partial charge in [-0.15, -0.1) is 0 Å². The van der Waals surface area contributed by atoms with Crippen LogP contribution in [0.5, 0.6) is 0 Å². The summed E-state index contributed by atoms with van der Waals surface area (Å²) in [7, 11) is 2.86. The fraction of sp³-hybridized carbons (Fsp3) is 0.429. The largest absolute Gasteiger partial charge is 0.481 e. The molecule has 5 nitrogen and oxygen atoms in total. The Morgan fingerprint density at radius 2 is 1.89 bits per heavy atom. The molecule has 0 heterocycles. The highest BCUT2D eigenvalue weighted by Crippen LogP contribution is 2.31. The highest BCUT2D eigenvalue weighted by atomic mass is 16.7. The molecule has 1 rings (SSSR count). The number of carboxylic acids is 1. The van der Waals surface area contributed by atoms with Crippen LogP contribution in [0.3, 0.4) is 0 Å². The van der Waals surface area contributed by atoms with Gasteiger partial charge in [-0.1, -0.05) is 30.3 Å². The molecule has 1 N–H and O–H groups in total. The zero-order valence-electron chi connectivity index (χ0n) is 10.9. The Bertz CT molecular complexity index is 437. The van der Waals surface area contributed by atoms with Gasteiger partial charge >= 0.3 is 5.97 Å². The van der Waals surface area contributed by atoms with Crippen LogP contribution in [0.2, 0.25) is 0 Å². The third kappa shape index (κ3) is 4.05. The molecule has 0 saturated carbocycles. The molecule has 5 heteroatoms. The summed E-state index contributed by atoms with van der Waals surface area (Å²) in [4.78, 5) is 11.0. The topological polar surface area (TPSA) is 79.5 Å². The van der Waals surface area contributed by atoms with E-state index >= 15 is 0 Å². The van der Waals surface area contributed by atoms with Crippen LogP contribution in [0.25, 0.3) is 0 Å². The van der Waals surface area contributed by atoms with Gasteiger partial charge in [-0.3, -0.25) is 4.79 Å². The van der Waals surface area contributed by atoms with Crippen molar-refractivity contribution in [2.75, 3.05) is 14.2 Å². The molecular formula is C14H17NO4. The van der Waals surface area contributed by atoms with Gasteiger partial charge in [0.05, 0.1) is 12.5 Å². The molecule has 0 amide bonds. The minimum absolute atomic E-state index is 0.147. The first-order valence-corrected chi connectivity index (χ1v) is 5.86. The molecule has 0 aliphatic heterocycles. The predicted octanol–water partition coefficient (Wildman–Crippen LogP) is 2.00. The molecule has 0 bridgehead atoms. The second-order valence-electron chi connectivity index (χ2n) is 4.11. The molecule has 0 aliphatic carbocycles. The van der Waals surface area contributed by atoms with Crippen LogP contribution in [-0.2, 0) is 14.3 Å². The zero-order valence-corrected chi connectivity index (χ0v) is 10.9. The van der Waals surface area contributed by atoms with Crippen LogP contribution in [0.15, 0.2) is 30.3 Å².